The third kappa shape index (κ3) is 7.13. The number of aromatic nitrogens is 1. The number of thiazole rings is 1. The number of hydrogen-bond donors (Lipinski definition) is 3. The van der Waals surface area contributed by atoms with E-state index in [-0.39, 0.29) is 48.4 Å². The SMILES string of the molecule is Cc1ncsc1-c1ccc(CNC(=O)C2CC(O)CN2C(=O)C(NC(=O)CC(C)(C)C)C(C)C)cc1. The highest BCUT2D eigenvalue weighted by Crippen LogP contribution is 2.27. The Kier molecular flexibility index (Phi) is 8.89. The van der Waals surface area contributed by atoms with Crippen LogP contribution in [0.5, 0.6) is 0 Å². The van der Waals surface area contributed by atoms with Gasteiger partial charge in [-0.2, -0.15) is 0 Å². The highest BCUT2D eigenvalue weighted by Gasteiger charge is 2.42. The average molecular weight is 515 g/mol. The van der Waals surface area contributed by atoms with E-state index >= 15 is 0 Å². The fraction of sp³-hybridized carbons (Fsp3) is 0.556. The fourth-order valence-electron chi connectivity index (χ4n) is 4.36. The lowest BCUT2D eigenvalue weighted by molar-refractivity contribution is -0.142. The van der Waals surface area contributed by atoms with Crippen LogP contribution in [-0.4, -0.2) is 57.4 Å². The number of aliphatic hydroxyl groups excluding tert-OH is 1. The summed E-state index contributed by atoms with van der Waals surface area (Å²) in [7, 11) is 0. The number of carbonyl (C=O) groups is 3. The van der Waals surface area contributed by atoms with E-state index < -0.39 is 18.2 Å². The number of nitrogens with one attached hydrogen (secondary N) is 2. The number of aliphatic hydroxyl groups is 1. The number of nitrogens with zero attached hydrogens (tertiary/aromatic N) is 2. The second-order valence-electron chi connectivity index (χ2n) is 11.1. The molecule has 1 fully saturated rings. The van der Waals surface area contributed by atoms with E-state index in [1.807, 2.05) is 71.3 Å². The summed E-state index contributed by atoms with van der Waals surface area (Å²) in [6.45, 7) is 12.0. The van der Waals surface area contributed by atoms with Crippen molar-refractivity contribution in [1.29, 1.82) is 0 Å². The fourth-order valence-corrected chi connectivity index (χ4v) is 5.18. The Balaban J connectivity index is 1.64. The molecule has 1 aliphatic rings. The second-order valence-corrected chi connectivity index (χ2v) is 12.0. The largest absolute Gasteiger partial charge is 0.391 e. The maximum Gasteiger partial charge on any atom is 0.246 e. The van der Waals surface area contributed by atoms with Crippen LogP contribution in [0.15, 0.2) is 29.8 Å². The van der Waals surface area contributed by atoms with Crippen LogP contribution in [-0.2, 0) is 20.9 Å². The van der Waals surface area contributed by atoms with E-state index in [9.17, 15) is 19.5 Å². The number of amides is 3. The molecule has 0 aliphatic carbocycles. The van der Waals surface area contributed by atoms with Crippen LogP contribution >= 0.6 is 11.3 Å². The molecule has 3 N–H and O–H groups in total. The monoisotopic (exact) mass is 514 g/mol. The molecule has 3 amide bonds. The van der Waals surface area contributed by atoms with Gasteiger partial charge in [-0.25, -0.2) is 4.98 Å². The van der Waals surface area contributed by atoms with Crippen molar-refractivity contribution in [3.8, 4) is 10.4 Å². The number of hydrogen-bond acceptors (Lipinski definition) is 6. The molecular formula is C27H38N4O4S. The molecule has 0 radical (unpaired) electrons. The molecule has 8 nitrogen and oxygen atoms in total. The lowest BCUT2D eigenvalue weighted by Gasteiger charge is -2.31. The maximum absolute atomic E-state index is 13.4. The summed E-state index contributed by atoms with van der Waals surface area (Å²) in [4.78, 5) is 45.8. The number of rotatable bonds is 8. The Morgan fingerprint density at radius 2 is 1.86 bits per heavy atom. The van der Waals surface area contributed by atoms with Crippen LogP contribution in [0.2, 0.25) is 0 Å². The molecule has 3 unspecified atom stereocenters. The Morgan fingerprint density at radius 1 is 1.19 bits per heavy atom. The summed E-state index contributed by atoms with van der Waals surface area (Å²) in [6, 6.07) is 6.38. The minimum absolute atomic E-state index is 0.0676. The molecule has 1 aromatic carbocycles. The summed E-state index contributed by atoms with van der Waals surface area (Å²) in [5.74, 6) is -1.02. The standard InChI is InChI=1S/C27H38N4O4S/c1-16(2)23(30-22(33)12-27(4,5)6)26(35)31-14-20(32)11-21(31)25(34)28-13-18-7-9-19(10-8-18)24-17(3)29-15-36-24/h7-10,15-16,20-21,23,32H,11-14H2,1-6H3,(H,28,34)(H,30,33). The Bertz CT molecular complexity index is 1070. The van der Waals surface area contributed by atoms with Gasteiger partial charge in [-0.05, 0) is 29.4 Å². The molecule has 9 heteroatoms. The number of aryl methyl sites for hydroxylation is 1. The van der Waals surface area contributed by atoms with Gasteiger partial charge in [0.15, 0.2) is 0 Å². The zero-order valence-electron chi connectivity index (χ0n) is 22.0. The molecule has 0 bridgehead atoms. The highest BCUT2D eigenvalue weighted by molar-refractivity contribution is 7.13. The Hall–Kier alpha value is -2.78. The first kappa shape index (κ1) is 27.8. The summed E-state index contributed by atoms with van der Waals surface area (Å²) >= 11 is 1.59. The molecule has 36 heavy (non-hydrogen) atoms. The molecule has 2 aromatic rings. The smallest absolute Gasteiger partial charge is 0.246 e. The van der Waals surface area contributed by atoms with Crippen LogP contribution in [0.4, 0.5) is 0 Å². The van der Waals surface area contributed by atoms with Gasteiger partial charge in [0.2, 0.25) is 17.7 Å². The first-order valence-electron chi connectivity index (χ1n) is 12.4. The summed E-state index contributed by atoms with van der Waals surface area (Å²) < 4.78 is 0. The predicted octanol–water partition coefficient (Wildman–Crippen LogP) is 3.27. The molecule has 2 heterocycles. The quantitative estimate of drug-likeness (QED) is 0.501. The molecule has 1 aromatic heterocycles. The van der Waals surface area contributed by atoms with Crippen LogP contribution < -0.4 is 10.6 Å². The van der Waals surface area contributed by atoms with Gasteiger partial charge in [-0.3, -0.25) is 14.4 Å². The maximum atomic E-state index is 13.4. The van der Waals surface area contributed by atoms with E-state index in [1.54, 1.807) is 11.3 Å². The van der Waals surface area contributed by atoms with Crippen molar-refractivity contribution in [2.75, 3.05) is 6.54 Å². The minimum Gasteiger partial charge on any atom is -0.391 e. The lowest BCUT2D eigenvalue weighted by atomic mass is 9.91. The van der Waals surface area contributed by atoms with Crippen molar-refractivity contribution in [3.63, 3.8) is 0 Å². The van der Waals surface area contributed by atoms with Gasteiger partial charge < -0.3 is 20.6 Å². The first-order chi connectivity index (χ1) is 16.9. The molecule has 1 saturated heterocycles. The van der Waals surface area contributed by atoms with E-state index in [2.05, 4.69) is 15.6 Å². The topological polar surface area (TPSA) is 112 Å². The van der Waals surface area contributed by atoms with Crippen LogP contribution in [0.25, 0.3) is 10.4 Å². The molecule has 0 saturated carbocycles. The number of benzene rings is 1. The summed E-state index contributed by atoms with van der Waals surface area (Å²) in [5, 5.41) is 16.1. The Morgan fingerprint density at radius 3 is 2.42 bits per heavy atom. The number of β-amino-alcohol motifs (C(OH)–C–C–N with tert-alkyl or cyclic N) is 1. The third-order valence-corrected chi connectivity index (χ3v) is 7.21. The van der Waals surface area contributed by atoms with Crippen molar-refractivity contribution in [2.45, 2.75) is 79.1 Å². The van der Waals surface area contributed by atoms with Gasteiger partial charge in [0.25, 0.3) is 0 Å². The predicted molar refractivity (Wildman–Crippen MR) is 141 cm³/mol. The van der Waals surface area contributed by atoms with Crippen LogP contribution in [0.1, 0.15) is 58.7 Å². The van der Waals surface area contributed by atoms with Crippen molar-refractivity contribution in [1.82, 2.24) is 20.5 Å². The average Bonchev–Trinajstić information content (AvgIpc) is 3.40. The number of likely N-dealkylation sites (tertiary alicyclic amines) is 1. The summed E-state index contributed by atoms with van der Waals surface area (Å²) in [5.41, 5.74) is 4.61. The van der Waals surface area contributed by atoms with E-state index in [0.717, 1.165) is 21.7 Å². The lowest BCUT2D eigenvalue weighted by Crippen LogP contribution is -2.55. The number of carbonyl (C=O) groups excluding carboxylic acids is 3. The van der Waals surface area contributed by atoms with E-state index in [4.69, 9.17) is 0 Å². The second kappa shape index (κ2) is 11.5. The van der Waals surface area contributed by atoms with Crippen LogP contribution in [0, 0.1) is 18.3 Å². The summed E-state index contributed by atoms with van der Waals surface area (Å²) in [6.07, 6.45) is -0.330. The molecule has 196 valence electrons. The normalized spacial score (nSPS) is 18.8. The van der Waals surface area contributed by atoms with Crippen molar-refractivity contribution in [3.05, 3.63) is 41.0 Å². The van der Waals surface area contributed by atoms with Gasteiger partial charge in [0.05, 0.1) is 22.2 Å². The zero-order chi connectivity index (χ0) is 26.6. The van der Waals surface area contributed by atoms with Crippen molar-refractivity contribution >= 4 is 29.1 Å². The highest BCUT2D eigenvalue weighted by atomic mass is 32.1. The van der Waals surface area contributed by atoms with E-state index in [1.165, 1.54) is 4.90 Å². The van der Waals surface area contributed by atoms with Crippen molar-refractivity contribution < 1.29 is 19.5 Å². The molecule has 0 spiro atoms. The first-order valence-corrected chi connectivity index (χ1v) is 13.3. The molecule has 3 atom stereocenters. The molecule has 3 rings (SSSR count). The Labute approximate surface area is 217 Å². The van der Waals surface area contributed by atoms with Gasteiger partial charge in [0, 0.05) is 25.9 Å². The minimum atomic E-state index is -0.787. The van der Waals surface area contributed by atoms with Gasteiger partial charge in [-0.15, -0.1) is 11.3 Å². The van der Waals surface area contributed by atoms with Gasteiger partial charge >= 0.3 is 0 Å². The van der Waals surface area contributed by atoms with Gasteiger partial charge in [0.1, 0.15) is 12.1 Å². The molecule has 1 aliphatic heterocycles. The third-order valence-electron chi connectivity index (χ3n) is 6.23. The van der Waals surface area contributed by atoms with E-state index in [0.29, 0.717) is 6.54 Å². The molecular weight excluding hydrogens is 476 g/mol. The van der Waals surface area contributed by atoms with Crippen LogP contribution in [0.3, 0.4) is 0 Å². The zero-order valence-corrected chi connectivity index (χ0v) is 22.8. The van der Waals surface area contributed by atoms with Crippen molar-refractivity contribution in [2.24, 2.45) is 11.3 Å². The van der Waals surface area contributed by atoms with Gasteiger partial charge in [-0.1, -0.05) is 58.9 Å².